The van der Waals surface area contributed by atoms with Crippen molar-refractivity contribution in [2.24, 2.45) is 5.92 Å². The van der Waals surface area contributed by atoms with Gasteiger partial charge in [0.1, 0.15) is 6.61 Å². The molecule has 0 spiro atoms. The minimum absolute atomic E-state index is 0.0155. The first-order valence-corrected chi connectivity index (χ1v) is 8.50. The van der Waals surface area contributed by atoms with Crippen molar-refractivity contribution in [3.05, 3.63) is 24.3 Å². The molecular formula is C18H26N2O4. The summed E-state index contributed by atoms with van der Waals surface area (Å²) in [5, 5.41) is 5.50. The molecule has 0 bridgehead atoms. The minimum atomic E-state index is -0.545. The maximum Gasteiger partial charge on any atom is 0.411 e. The number of anilines is 2. The van der Waals surface area contributed by atoms with Gasteiger partial charge in [0.15, 0.2) is 0 Å². The largest absolute Gasteiger partial charge is 0.447 e. The zero-order chi connectivity index (χ0) is 17.2. The highest BCUT2D eigenvalue weighted by Gasteiger charge is 2.16. The van der Waals surface area contributed by atoms with Gasteiger partial charge in [-0.2, -0.15) is 0 Å². The summed E-state index contributed by atoms with van der Waals surface area (Å²) in [4.78, 5) is 23.6. The Morgan fingerprint density at radius 2 is 1.83 bits per heavy atom. The van der Waals surface area contributed by atoms with Crippen LogP contribution in [0.15, 0.2) is 24.3 Å². The van der Waals surface area contributed by atoms with Crippen LogP contribution in [-0.4, -0.2) is 32.3 Å². The molecule has 0 saturated heterocycles. The summed E-state index contributed by atoms with van der Waals surface area (Å²) in [5.74, 6) is 0.715. The average molecular weight is 334 g/mol. The molecule has 0 aliphatic heterocycles. The van der Waals surface area contributed by atoms with E-state index >= 15 is 0 Å². The third-order valence-corrected chi connectivity index (χ3v) is 4.17. The molecule has 0 unspecified atom stereocenters. The SMILES string of the molecule is COCCOC(=O)Nc1cccc(NC(=O)CCC2CCCC2)c1. The molecular weight excluding hydrogens is 308 g/mol. The summed E-state index contributed by atoms with van der Waals surface area (Å²) in [6, 6.07) is 7.03. The predicted octanol–water partition coefficient (Wildman–Crippen LogP) is 3.79. The number of carbonyl (C=O) groups is 2. The van der Waals surface area contributed by atoms with E-state index in [1.54, 1.807) is 31.4 Å². The third-order valence-electron chi connectivity index (χ3n) is 4.17. The Balaban J connectivity index is 1.76. The lowest BCUT2D eigenvalue weighted by atomic mass is 10.0. The van der Waals surface area contributed by atoms with Gasteiger partial charge in [-0.1, -0.05) is 31.7 Å². The van der Waals surface area contributed by atoms with Crippen molar-refractivity contribution in [2.45, 2.75) is 38.5 Å². The van der Waals surface area contributed by atoms with Crippen LogP contribution in [0.2, 0.25) is 0 Å². The van der Waals surface area contributed by atoms with Crippen LogP contribution in [0, 0.1) is 5.92 Å². The minimum Gasteiger partial charge on any atom is -0.447 e. The molecule has 132 valence electrons. The summed E-state index contributed by atoms with van der Waals surface area (Å²) in [7, 11) is 1.54. The van der Waals surface area contributed by atoms with Gasteiger partial charge >= 0.3 is 6.09 Å². The van der Waals surface area contributed by atoms with Crippen LogP contribution in [-0.2, 0) is 14.3 Å². The number of hydrogen-bond donors (Lipinski definition) is 2. The number of hydrogen-bond acceptors (Lipinski definition) is 4. The van der Waals surface area contributed by atoms with Crippen LogP contribution < -0.4 is 10.6 Å². The normalized spacial score (nSPS) is 14.4. The monoisotopic (exact) mass is 334 g/mol. The van der Waals surface area contributed by atoms with Crippen LogP contribution in [0.5, 0.6) is 0 Å². The molecule has 2 N–H and O–H groups in total. The Kier molecular flexibility index (Phi) is 7.55. The molecule has 6 nitrogen and oxygen atoms in total. The smallest absolute Gasteiger partial charge is 0.411 e. The Morgan fingerprint density at radius 3 is 2.54 bits per heavy atom. The topological polar surface area (TPSA) is 76.7 Å². The summed E-state index contributed by atoms with van der Waals surface area (Å²) < 4.78 is 9.75. The molecule has 2 amide bonds. The molecule has 6 heteroatoms. The van der Waals surface area contributed by atoms with Gasteiger partial charge in [-0.25, -0.2) is 4.79 Å². The molecule has 0 atom stereocenters. The van der Waals surface area contributed by atoms with Crippen molar-refractivity contribution in [1.82, 2.24) is 0 Å². The first-order valence-electron chi connectivity index (χ1n) is 8.50. The van der Waals surface area contributed by atoms with Crippen molar-refractivity contribution in [1.29, 1.82) is 0 Å². The molecule has 1 saturated carbocycles. The summed E-state index contributed by atoms with van der Waals surface area (Å²) in [5.41, 5.74) is 1.24. The van der Waals surface area contributed by atoms with E-state index in [1.165, 1.54) is 25.7 Å². The van der Waals surface area contributed by atoms with Gasteiger partial charge < -0.3 is 14.8 Å². The van der Waals surface area contributed by atoms with Gasteiger partial charge in [0.2, 0.25) is 5.91 Å². The summed E-state index contributed by atoms with van der Waals surface area (Å²) >= 11 is 0. The highest BCUT2D eigenvalue weighted by molar-refractivity contribution is 5.92. The van der Waals surface area contributed by atoms with E-state index in [4.69, 9.17) is 9.47 Å². The van der Waals surface area contributed by atoms with Crippen molar-refractivity contribution in [3.8, 4) is 0 Å². The van der Waals surface area contributed by atoms with Gasteiger partial charge in [-0.15, -0.1) is 0 Å². The maximum atomic E-state index is 12.0. The van der Waals surface area contributed by atoms with E-state index in [0.717, 1.165) is 6.42 Å². The number of benzene rings is 1. The molecule has 1 aromatic rings. The van der Waals surface area contributed by atoms with E-state index in [1.807, 2.05) is 0 Å². The molecule has 2 rings (SSSR count). The van der Waals surface area contributed by atoms with Gasteiger partial charge in [-0.05, 0) is 30.5 Å². The number of ether oxygens (including phenoxy) is 2. The second-order valence-corrected chi connectivity index (χ2v) is 6.07. The van der Waals surface area contributed by atoms with Crippen molar-refractivity contribution in [3.63, 3.8) is 0 Å². The average Bonchev–Trinajstić information content (AvgIpc) is 3.07. The lowest BCUT2D eigenvalue weighted by Crippen LogP contribution is -2.17. The molecule has 1 aliphatic rings. The van der Waals surface area contributed by atoms with Crippen LogP contribution in [0.4, 0.5) is 16.2 Å². The first kappa shape index (κ1) is 18.3. The predicted molar refractivity (Wildman–Crippen MR) is 93.1 cm³/mol. The van der Waals surface area contributed by atoms with Crippen molar-refractivity contribution in [2.75, 3.05) is 31.0 Å². The maximum absolute atomic E-state index is 12.0. The highest BCUT2D eigenvalue weighted by Crippen LogP contribution is 2.28. The molecule has 0 heterocycles. The van der Waals surface area contributed by atoms with Gasteiger partial charge in [0.05, 0.1) is 6.61 Å². The first-order chi connectivity index (χ1) is 11.7. The molecule has 24 heavy (non-hydrogen) atoms. The Morgan fingerprint density at radius 1 is 1.12 bits per heavy atom. The zero-order valence-corrected chi connectivity index (χ0v) is 14.2. The van der Waals surface area contributed by atoms with Crippen LogP contribution in [0.3, 0.4) is 0 Å². The Labute approximate surface area is 142 Å². The van der Waals surface area contributed by atoms with Crippen LogP contribution in [0.1, 0.15) is 38.5 Å². The number of nitrogens with one attached hydrogen (secondary N) is 2. The van der Waals surface area contributed by atoms with Gasteiger partial charge in [0.25, 0.3) is 0 Å². The molecule has 0 radical (unpaired) electrons. The van der Waals surface area contributed by atoms with Gasteiger partial charge in [0, 0.05) is 24.9 Å². The quantitative estimate of drug-likeness (QED) is 0.709. The van der Waals surface area contributed by atoms with Gasteiger partial charge in [-0.3, -0.25) is 10.1 Å². The number of rotatable bonds is 8. The second-order valence-electron chi connectivity index (χ2n) is 6.07. The van der Waals surface area contributed by atoms with E-state index in [0.29, 0.717) is 30.3 Å². The fourth-order valence-corrected chi connectivity index (χ4v) is 2.90. The standard InChI is InChI=1S/C18H26N2O4/c1-23-11-12-24-18(22)20-16-8-4-7-15(13-16)19-17(21)10-9-14-5-2-3-6-14/h4,7-8,13-14H,2-3,5-6,9-12H2,1H3,(H,19,21)(H,20,22). The molecule has 0 aromatic heterocycles. The van der Waals surface area contributed by atoms with Crippen molar-refractivity contribution >= 4 is 23.4 Å². The van der Waals surface area contributed by atoms with E-state index in [-0.39, 0.29) is 12.5 Å². The van der Waals surface area contributed by atoms with E-state index < -0.39 is 6.09 Å². The Hall–Kier alpha value is -2.08. The summed E-state index contributed by atoms with van der Waals surface area (Å²) in [6.07, 6.45) is 6.03. The summed E-state index contributed by atoms with van der Waals surface area (Å²) in [6.45, 7) is 0.546. The lowest BCUT2D eigenvalue weighted by molar-refractivity contribution is -0.116. The second kappa shape index (κ2) is 9.93. The molecule has 1 fully saturated rings. The van der Waals surface area contributed by atoms with Crippen LogP contribution in [0.25, 0.3) is 0 Å². The Bertz CT molecular complexity index is 542. The fourth-order valence-electron chi connectivity index (χ4n) is 2.90. The third kappa shape index (κ3) is 6.58. The van der Waals surface area contributed by atoms with Crippen molar-refractivity contribution < 1.29 is 19.1 Å². The fraction of sp³-hybridized carbons (Fsp3) is 0.556. The molecule has 1 aliphatic carbocycles. The number of carbonyl (C=O) groups excluding carboxylic acids is 2. The number of methoxy groups -OCH3 is 1. The lowest BCUT2D eigenvalue weighted by Gasteiger charge is -2.11. The highest BCUT2D eigenvalue weighted by atomic mass is 16.6. The number of amides is 2. The molecule has 1 aromatic carbocycles. The van der Waals surface area contributed by atoms with E-state index in [9.17, 15) is 9.59 Å². The van der Waals surface area contributed by atoms with E-state index in [2.05, 4.69) is 10.6 Å². The van der Waals surface area contributed by atoms with Crippen LogP contribution >= 0.6 is 0 Å². The zero-order valence-electron chi connectivity index (χ0n) is 14.2.